The summed E-state index contributed by atoms with van der Waals surface area (Å²) in [6.45, 7) is 1.92. The average Bonchev–Trinajstić information content (AvgIpc) is 2.60. The minimum absolute atomic E-state index is 0.304. The highest BCUT2D eigenvalue weighted by Crippen LogP contribution is 2.26. The van der Waals surface area contributed by atoms with Crippen LogP contribution in [0.2, 0.25) is 0 Å². The molecule has 4 heteroatoms. The zero-order valence-electron chi connectivity index (χ0n) is 9.14. The minimum Gasteiger partial charge on any atom is -0.478 e. The third kappa shape index (κ3) is 1.58. The van der Waals surface area contributed by atoms with E-state index in [-0.39, 0.29) is 0 Å². The molecule has 0 saturated carbocycles. The lowest BCUT2D eigenvalue weighted by molar-refractivity contribution is 0.0698. The summed E-state index contributed by atoms with van der Waals surface area (Å²) in [5.74, 6) is -0.918. The van der Waals surface area contributed by atoms with Crippen molar-refractivity contribution in [3.05, 3.63) is 41.7 Å². The fourth-order valence-corrected chi connectivity index (χ4v) is 1.67. The maximum absolute atomic E-state index is 11.1. The summed E-state index contributed by atoms with van der Waals surface area (Å²) < 4.78 is 1.73. The maximum atomic E-state index is 11.1. The van der Waals surface area contributed by atoms with Crippen LogP contribution in [0.1, 0.15) is 16.1 Å². The van der Waals surface area contributed by atoms with Gasteiger partial charge < -0.3 is 5.11 Å². The van der Waals surface area contributed by atoms with E-state index >= 15 is 0 Å². The molecule has 82 valence electrons. The molecule has 0 aliphatic rings. The van der Waals surface area contributed by atoms with Gasteiger partial charge in [-0.1, -0.05) is 18.2 Å². The molecule has 1 N–H and O–H groups in total. The summed E-state index contributed by atoms with van der Waals surface area (Å²) in [6, 6.07) is 6.95. The molecule has 0 spiro atoms. The van der Waals surface area contributed by atoms with Gasteiger partial charge in [-0.25, -0.2) is 4.79 Å². The van der Waals surface area contributed by atoms with Crippen LogP contribution in [0.3, 0.4) is 0 Å². The van der Waals surface area contributed by atoms with E-state index in [2.05, 4.69) is 5.10 Å². The summed E-state index contributed by atoms with van der Waals surface area (Å²) in [7, 11) is 1.84. The van der Waals surface area contributed by atoms with Crippen LogP contribution in [0, 0.1) is 6.92 Å². The molecule has 0 saturated heterocycles. The largest absolute Gasteiger partial charge is 0.478 e. The molecule has 1 heterocycles. The molecular weight excluding hydrogens is 204 g/mol. The van der Waals surface area contributed by atoms with Gasteiger partial charge in [0.15, 0.2) is 0 Å². The maximum Gasteiger partial charge on any atom is 0.336 e. The Balaban J connectivity index is 2.64. The summed E-state index contributed by atoms with van der Waals surface area (Å²) in [6.07, 6.45) is 1.69. The number of carbonyl (C=O) groups is 1. The number of benzene rings is 1. The average molecular weight is 216 g/mol. The van der Waals surface area contributed by atoms with E-state index in [1.165, 1.54) is 0 Å². The Labute approximate surface area is 93.1 Å². The summed E-state index contributed by atoms with van der Waals surface area (Å²) in [5, 5.41) is 13.2. The van der Waals surface area contributed by atoms with Gasteiger partial charge in [0, 0.05) is 18.3 Å². The topological polar surface area (TPSA) is 55.1 Å². The van der Waals surface area contributed by atoms with Crippen LogP contribution in [-0.2, 0) is 7.05 Å². The molecule has 0 aliphatic carbocycles. The number of rotatable bonds is 2. The quantitative estimate of drug-likeness (QED) is 0.836. The SMILES string of the molecule is Cc1c(-c2ccccc2C(=O)O)cnn1C. The molecule has 16 heavy (non-hydrogen) atoms. The smallest absolute Gasteiger partial charge is 0.336 e. The van der Waals surface area contributed by atoms with Gasteiger partial charge in [-0.15, -0.1) is 0 Å². The van der Waals surface area contributed by atoms with Crippen LogP contribution < -0.4 is 0 Å². The van der Waals surface area contributed by atoms with Crippen molar-refractivity contribution in [3.8, 4) is 11.1 Å². The monoisotopic (exact) mass is 216 g/mol. The predicted octanol–water partition coefficient (Wildman–Crippen LogP) is 2.09. The van der Waals surface area contributed by atoms with Crippen molar-refractivity contribution in [2.45, 2.75) is 6.92 Å². The van der Waals surface area contributed by atoms with Gasteiger partial charge >= 0.3 is 5.97 Å². The second-order valence-corrected chi connectivity index (χ2v) is 3.62. The van der Waals surface area contributed by atoms with Crippen LogP contribution >= 0.6 is 0 Å². The molecule has 2 rings (SSSR count). The Kier molecular flexibility index (Phi) is 2.48. The van der Waals surface area contributed by atoms with Crippen molar-refractivity contribution in [1.29, 1.82) is 0 Å². The second kappa shape index (κ2) is 3.81. The highest BCUT2D eigenvalue weighted by atomic mass is 16.4. The molecule has 0 atom stereocenters. The second-order valence-electron chi connectivity index (χ2n) is 3.62. The number of nitrogens with zero attached hydrogens (tertiary/aromatic N) is 2. The number of hydrogen-bond acceptors (Lipinski definition) is 2. The molecule has 0 unspecified atom stereocenters. The number of carboxylic acids is 1. The Hall–Kier alpha value is -2.10. The van der Waals surface area contributed by atoms with E-state index in [4.69, 9.17) is 5.11 Å². The van der Waals surface area contributed by atoms with Gasteiger partial charge in [0.1, 0.15) is 0 Å². The van der Waals surface area contributed by atoms with E-state index in [0.717, 1.165) is 11.3 Å². The molecule has 4 nitrogen and oxygen atoms in total. The number of aromatic nitrogens is 2. The molecule has 0 bridgehead atoms. The lowest BCUT2D eigenvalue weighted by Crippen LogP contribution is -1.99. The fourth-order valence-electron chi connectivity index (χ4n) is 1.67. The first-order valence-electron chi connectivity index (χ1n) is 4.92. The van der Waals surface area contributed by atoms with Crippen LogP contribution in [0.15, 0.2) is 30.5 Å². The Bertz CT molecular complexity index is 544. The van der Waals surface area contributed by atoms with Crippen molar-refractivity contribution in [1.82, 2.24) is 9.78 Å². The van der Waals surface area contributed by atoms with Gasteiger partial charge in [-0.2, -0.15) is 5.10 Å². The summed E-state index contributed by atoms with van der Waals surface area (Å²) in [5.41, 5.74) is 2.83. The lowest BCUT2D eigenvalue weighted by Gasteiger charge is -2.04. The molecule has 2 aromatic rings. The van der Waals surface area contributed by atoms with Gasteiger partial charge in [-0.05, 0) is 18.6 Å². The van der Waals surface area contributed by atoms with Gasteiger partial charge in [-0.3, -0.25) is 4.68 Å². The van der Waals surface area contributed by atoms with Crippen molar-refractivity contribution in [3.63, 3.8) is 0 Å². The van der Waals surface area contributed by atoms with Crippen molar-refractivity contribution in [2.75, 3.05) is 0 Å². The molecule has 1 aromatic heterocycles. The molecular formula is C12H12N2O2. The Morgan fingerprint density at radius 2 is 2.00 bits per heavy atom. The summed E-state index contributed by atoms with van der Waals surface area (Å²) in [4.78, 5) is 11.1. The fraction of sp³-hybridized carbons (Fsp3) is 0.167. The Morgan fingerprint density at radius 3 is 2.56 bits per heavy atom. The number of hydrogen-bond donors (Lipinski definition) is 1. The van der Waals surface area contributed by atoms with E-state index in [1.807, 2.05) is 20.0 Å². The van der Waals surface area contributed by atoms with Crippen LogP contribution in [0.4, 0.5) is 0 Å². The first-order chi connectivity index (χ1) is 7.61. The molecule has 0 radical (unpaired) electrons. The summed E-state index contributed by atoms with van der Waals surface area (Å²) >= 11 is 0. The van der Waals surface area contributed by atoms with Crippen molar-refractivity contribution >= 4 is 5.97 Å². The zero-order valence-corrected chi connectivity index (χ0v) is 9.14. The third-order valence-corrected chi connectivity index (χ3v) is 2.68. The third-order valence-electron chi connectivity index (χ3n) is 2.68. The standard InChI is InChI=1S/C12H12N2O2/c1-8-11(7-13-14(8)2)9-5-3-4-6-10(9)12(15)16/h3-7H,1-2H3,(H,15,16). The number of aryl methyl sites for hydroxylation is 1. The van der Waals surface area contributed by atoms with E-state index in [0.29, 0.717) is 11.1 Å². The van der Waals surface area contributed by atoms with Crippen LogP contribution in [0.25, 0.3) is 11.1 Å². The molecule has 0 aliphatic heterocycles. The van der Waals surface area contributed by atoms with E-state index in [1.54, 1.807) is 29.1 Å². The van der Waals surface area contributed by atoms with Gasteiger partial charge in [0.05, 0.1) is 11.8 Å². The van der Waals surface area contributed by atoms with Gasteiger partial charge in [0.2, 0.25) is 0 Å². The minimum atomic E-state index is -0.918. The first kappa shape index (κ1) is 10.4. The van der Waals surface area contributed by atoms with Gasteiger partial charge in [0.25, 0.3) is 0 Å². The molecule has 0 fully saturated rings. The first-order valence-corrected chi connectivity index (χ1v) is 4.92. The number of carboxylic acid groups (broad SMARTS) is 1. The van der Waals surface area contributed by atoms with E-state index < -0.39 is 5.97 Å². The lowest BCUT2D eigenvalue weighted by atomic mass is 10.0. The highest BCUT2D eigenvalue weighted by molar-refractivity contribution is 5.96. The normalized spacial score (nSPS) is 10.4. The molecule has 0 amide bonds. The van der Waals surface area contributed by atoms with Crippen molar-refractivity contribution < 1.29 is 9.90 Å². The van der Waals surface area contributed by atoms with E-state index in [9.17, 15) is 4.79 Å². The van der Waals surface area contributed by atoms with Crippen LogP contribution in [-0.4, -0.2) is 20.9 Å². The Morgan fingerprint density at radius 1 is 1.31 bits per heavy atom. The predicted molar refractivity (Wildman–Crippen MR) is 60.3 cm³/mol. The van der Waals surface area contributed by atoms with Crippen LogP contribution in [0.5, 0.6) is 0 Å². The zero-order chi connectivity index (χ0) is 11.7. The van der Waals surface area contributed by atoms with Crippen molar-refractivity contribution in [2.24, 2.45) is 7.05 Å². The molecule has 1 aromatic carbocycles. The number of aromatic carboxylic acids is 1. The highest BCUT2D eigenvalue weighted by Gasteiger charge is 2.14.